The molecule has 2 heterocycles. The number of rotatable bonds is 9. The number of fused-ring (bicyclic) bond motifs is 2. The van der Waals surface area contributed by atoms with Gasteiger partial charge in [-0.25, -0.2) is 13.1 Å². The van der Waals surface area contributed by atoms with E-state index in [1.807, 2.05) is 39.0 Å². The predicted octanol–water partition coefficient (Wildman–Crippen LogP) is 2.17. The minimum atomic E-state index is -3.61. The van der Waals surface area contributed by atoms with Gasteiger partial charge in [0.25, 0.3) is 0 Å². The number of para-hydroxylation sites is 1. The van der Waals surface area contributed by atoms with Gasteiger partial charge in [-0.1, -0.05) is 51.8 Å². The quantitative estimate of drug-likeness (QED) is 0.425. The van der Waals surface area contributed by atoms with Gasteiger partial charge in [0, 0.05) is 18.7 Å². The van der Waals surface area contributed by atoms with E-state index in [-0.39, 0.29) is 36.6 Å². The summed E-state index contributed by atoms with van der Waals surface area (Å²) < 4.78 is 28.0. The van der Waals surface area contributed by atoms with Crippen molar-refractivity contribution in [2.75, 3.05) is 11.9 Å². The molecular formula is C28H37N5O5S. The molecule has 4 atom stereocenters. The molecule has 2 saturated carbocycles. The van der Waals surface area contributed by atoms with Gasteiger partial charge in [0.15, 0.2) is 0 Å². The van der Waals surface area contributed by atoms with E-state index in [1.165, 1.54) is 4.90 Å². The molecule has 0 radical (unpaired) electrons. The summed E-state index contributed by atoms with van der Waals surface area (Å²) >= 11 is 0. The van der Waals surface area contributed by atoms with E-state index in [4.69, 9.17) is 0 Å². The Balaban J connectivity index is 1.39. The Morgan fingerprint density at radius 1 is 1.18 bits per heavy atom. The minimum absolute atomic E-state index is 0.0310. The molecule has 11 heteroatoms. The third-order valence-corrected chi connectivity index (χ3v) is 10.2. The van der Waals surface area contributed by atoms with Gasteiger partial charge >= 0.3 is 0 Å². The molecule has 3 N–H and O–H groups in total. The van der Waals surface area contributed by atoms with Crippen LogP contribution in [0.3, 0.4) is 0 Å². The topological polar surface area (TPSA) is 148 Å². The number of sulfonamides is 1. The largest absolute Gasteiger partial charge is 0.343 e. The number of hydrogen-bond acceptors (Lipinski definition) is 6. The van der Waals surface area contributed by atoms with Crippen LogP contribution < -0.4 is 15.4 Å². The highest BCUT2D eigenvalue weighted by atomic mass is 32.2. The molecule has 2 aliphatic carbocycles. The molecule has 210 valence electrons. The van der Waals surface area contributed by atoms with Gasteiger partial charge in [-0.2, -0.15) is 5.26 Å². The first-order valence-corrected chi connectivity index (χ1v) is 15.3. The van der Waals surface area contributed by atoms with Crippen molar-refractivity contribution >= 4 is 33.4 Å². The van der Waals surface area contributed by atoms with Crippen molar-refractivity contribution in [2.24, 2.45) is 11.3 Å². The lowest BCUT2D eigenvalue weighted by Gasteiger charge is -2.32. The highest BCUT2D eigenvalue weighted by Gasteiger charge is 2.56. The first-order chi connectivity index (χ1) is 18.3. The Bertz CT molecular complexity index is 1320. The number of hydrogen-bond donors (Lipinski definition) is 3. The van der Waals surface area contributed by atoms with Crippen molar-refractivity contribution in [1.82, 2.24) is 14.9 Å². The van der Waals surface area contributed by atoms with Gasteiger partial charge in [0.2, 0.25) is 27.7 Å². The molecule has 4 aliphatic rings. The summed E-state index contributed by atoms with van der Waals surface area (Å²) in [7, 11) is -3.61. The number of amides is 3. The number of nitrogens with zero attached hydrogens (tertiary/aromatic N) is 2. The van der Waals surface area contributed by atoms with Crippen LogP contribution in [0, 0.1) is 22.7 Å². The summed E-state index contributed by atoms with van der Waals surface area (Å²) in [5, 5.41) is 15.3. The first kappa shape index (κ1) is 27.6. The second-order valence-corrected chi connectivity index (χ2v) is 14.8. The zero-order valence-corrected chi connectivity index (χ0v) is 23.5. The summed E-state index contributed by atoms with van der Waals surface area (Å²) in [6, 6.07) is 6.72. The van der Waals surface area contributed by atoms with Crippen LogP contribution in [-0.4, -0.2) is 61.0 Å². The van der Waals surface area contributed by atoms with Crippen LogP contribution in [0.25, 0.3) is 0 Å². The highest BCUT2D eigenvalue weighted by Crippen LogP contribution is 2.46. The number of carbonyl (C=O) groups is 3. The SMILES string of the molecule is CC(C)(C)C[C@H](NC(=O)[C@H](CC1CC1)NS(=O)(=O)C1CC1)C(=O)N1C[C@]2(C[C@H]1C#N)C(=O)Nc1ccccc12. The average Bonchev–Trinajstić information content (AvgIpc) is 3.79. The zero-order valence-electron chi connectivity index (χ0n) is 22.7. The van der Waals surface area contributed by atoms with E-state index in [1.54, 1.807) is 6.07 Å². The minimum Gasteiger partial charge on any atom is -0.343 e. The monoisotopic (exact) mass is 555 g/mol. The Morgan fingerprint density at radius 2 is 1.87 bits per heavy atom. The lowest BCUT2D eigenvalue weighted by molar-refractivity contribution is -0.138. The molecule has 1 aromatic carbocycles. The molecule has 0 unspecified atom stereocenters. The van der Waals surface area contributed by atoms with Crippen molar-refractivity contribution in [3.63, 3.8) is 0 Å². The molecule has 1 spiro atoms. The van der Waals surface area contributed by atoms with Gasteiger partial charge in [0.05, 0.1) is 16.7 Å². The van der Waals surface area contributed by atoms with E-state index >= 15 is 0 Å². The molecule has 3 amide bonds. The summed E-state index contributed by atoms with van der Waals surface area (Å²) in [6.07, 6.45) is 3.90. The van der Waals surface area contributed by atoms with Crippen molar-refractivity contribution in [3.8, 4) is 6.07 Å². The van der Waals surface area contributed by atoms with Crippen molar-refractivity contribution in [1.29, 1.82) is 5.26 Å². The Labute approximate surface area is 229 Å². The molecular weight excluding hydrogens is 518 g/mol. The molecule has 5 rings (SSSR count). The van der Waals surface area contributed by atoms with Gasteiger partial charge in [-0.3, -0.25) is 14.4 Å². The van der Waals surface area contributed by atoms with E-state index in [2.05, 4.69) is 21.4 Å². The zero-order chi connectivity index (χ0) is 28.2. The highest BCUT2D eigenvalue weighted by molar-refractivity contribution is 7.90. The number of likely N-dealkylation sites (tertiary alicyclic amines) is 1. The number of anilines is 1. The summed E-state index contributed by atoms with van der Waals surface area (Å²) in [6.45, 7) is 5.88. The number of benzene rings is 1. The number of nitrogens with one attached hydrogen (secondary N) is 3. The summed E-state index contributed by atoms with van der Waals surface area (Å²) in [5.74, 6) is -0.925. The lowest BCUT2D eigenvalue weighted by atomic mass is 9.80. The molecule has 0 bridgehead atoms. The van der Waals surface area contributed by atoms with Crippen LogP contribution in [0.1, 0.15) is 71.3 Å². The molecule has 10 nitrogen and oxygen atoms in total. The fourth-order valence-electron chi connectivity index (χ4n) is 5.84. The number of carbonyl (C=O) groups excluding carboxylic acids is 3. The maximum absolute atomic E-state index is 14.0. The molecule has 1 aromatic rings. The third kappa shape index (κ3) is 5.68. The predicted molar refractivity (Wildman–Crippen MR) is 145 cm³/mol. The Hall–Kier alpha value is -2.97. The second-order valence-electron chi connectivity index (χ2n) is 12.8. The smallest absolute Gasteiger partial charge is 0.246 e. The average molecular weight is 556 g/mol. The van der Waals surface area contributed by atoms with Crippen LogP contribution in [0.5, 0.6) is 0 Å². The maximum Gasteiger partial charge on any atom is 0.246 e. The van der Waals surface area contributed by atoms with Crippen LogP contribution in [0.2, 0.25) is 0 Å². The van der Waals surface area contributed by atoms with Gasteiger partial charge in [0.1, 0.15) is 18.1 Å². The summed E-state index contributed by atoms with van der Waals surface area (Å²) in [5.41, 5.74) is 0.0567. The summed E-state index contributed by atoms with van der Waals surface area (Å²) in [4.78, 5) is 42.1. The normalized spacial score (nSPS) is 26.1. The molecule has 0 aromatic heterocycles. The van der Waals surface area contributed by atoms with E-state index < -0.39 is 50.6 Å². The van der Waals surface area contributed by atoms with Crippen molar-refractivity contribution in [2.45, 2.75) is 94.5 Å². The van der Waals surface area contributed by atoms with Gasteiger partial charge in [-0.15, -0.1) is 0 Å². The van der Waals surface area contributed by atoms with Crippen LogP contribution >= 0.6 is 0 Å². The molecule has 2 aliphatic heterocycles. The first-order valence-electron chi connectivity index (χ1n) is 13.8. The van der Waals surface area contributed by atoms with Crippen molar-refractivity contribution < 1.29 is 22.8 Å². The van der Waals surface area contributed by atoms with Crippen LogP contribution in [0.4, 0.5) is 5.69 Å². The van der Waals surface area contributed by atoms with Gasteiger partial charge in [-0.05, 0) is 48.6 Å². The Morgan fingerprint density at radius 3 is 2.49 bits per heavy atom. The standard InChI is InChI=1S/C28H37N5O5S/c1-27(2,3)14-23(30-24(34)22(12-17-8-9-17)32-39(37,38)19-10-11-19)25(35)33-16-28(13-18(33)15-29)20-6-4-5-7-21(20)31-26(28)36/h4-7,17-19,22-23,32H,8-14,16H2,1-3H3,(H,30,34)(H,31,36)/t18-,22-,23-,28-/m0/s1. The third-order valence-electron chi connectivity index (χ3n) is 8.20. The fraction of sp³-hybridized carbons (Fsp3) is 0.643. The van der Waals surface area contributed by atoms with Gasteiger partial charge < -0.3 is 15.5 Å². The van der Waals surface area contributed by atoms with E-state index in [0.717, 1.165) is 18.4 Å². The van der Waals surface area contributed by atoms with E-state index in [9.17, 15) is 28.1 Å². The lowest BCUT2D eigenvalue weighted by Crippen LogP contribution is -2.56. The van der Waals surface area contributed by atoms with Crippen LogP contribution in [-0.2, 0) is 29.8 Å². The maximum atomic E-state index is 14.0. The van der Waals surface area contributed by atoms with E-state index in [0.29, 0.717) is 24.9 Å². The van der Waals surface area contributed by atoms with Crippen molar-refractivity contribution in [3.05, 3.63) is 29.8 Å². The fourth-order valence-corrected chi connectivity index (χ4v) is 7.39. The number of nitriles is 1. The Kier molecular flexibility index (Phi) is 7.00. The molecule has 1 saturated heterocycles. The molecule has 39 heavy (non-hydrogen) atoms. The van der Waals surface area contributed by atoms with Crippen LogP contribution in [0.15, 0.2) is 24.3 Å². The molecule has 3 fully saturated rings. The second kappa shape index (κ2) is 9.89.